The summed E-state index contributed by atoms with van der Waals surface area (Å²) >= 11 is 6.11. The molecule has 3 aromatic rings. The van der Waals surface area contributed by atoms with Crippen molar-refractivity contribution in [2.75, 3.05) is 5.32 Å². The van der Waals surface area contributed by atoms with Crippen LogP contribution in [0.2, 0.25) is 5.02 Å². The average molecular weight is 446 g/mol. The topological polar surface area (TPSA) is 102 Å². The Bertz CT molecular complexity index is 1190. The van der Waals surface area contributed by atoms with Crippen molar-refractivity contribution in [1.29, 1.82) is 0 Å². The number of carbonyl (C=O) groups excluding carboxylic acids is 1. The number of anilines is 1. The maximum absolute atomic E-state index is 12.6. The molecular weight excluding hydrogens is 418 g/mol. The molecular formula is C22H28ClN5O3. The van der Waals surface area contributed by atoms with Crippen LogP contribution in [0.5, 0.6) is 0 Å². The van der Waals surface area contributed by atoms with Gasteiger partial charge in [0.25, 0.3) is 5.56 Å². The standard InChI is InChI=1S/C22H28ClN5O3/c1-4-5-12-27-20-19(21(30)26-22(27)31)28(13-14(2)3)17(25-20)10-11-18(29)24-16-9-7-6-8-15(16)23/h6-9,14H,4-5,10-13H2,1-3H3,(H,24,29)(H,26,30,31). The molecule has 0 aliphatic rings. The molecule has 9 heteroatoms. The smallest absolute Gasteiger partial charge is 0.325 e. The van der Waals surface area contributed by atoms with E-state index in [-0.39, 0.29) is 18.2 Å². The molecule has 0 saturated heterocycles. The molecule has 1 aromatic carbocycles. The van der Waals surface area contributed by atoms with Gasteiger partial charge in [-0.25, -0.2) is 9.78 Å². The van der Waals surface area contributed by atoms with Crippen LogP contribution in [0.1, 0.15) is 45.9 Å². The monoisotopic (exact) mass is 445 g/mol. The third-order valence-electron chi connectivity index (χ3n) is 4.97. The third kappa shape index (κ3) is 5.25. The highest BCUT2D eigenvalue weighted by Gasteiger charge is 2.20. The Morgan fingerprint density at radius 3 is 2.65 bits per heavy atom. The van der Waals surface area contributed by atoms with Crippen LogP contribution >= 0.6 is 11.6 Å². The van der Waals surface area contributed by atoms with E-state index in [4.69, 9.17) is 11.6 Å². The summed E-state index contributed by atoms with van der Waals surface area (Å²) in [6, 6.07) is 7.04. The predicted octanol–water partition coefficient (Wildman–Crippen LogP) is 3.57. The number of carbonyl (C=O) groups is 1. The minimum absolute atomic E-state index is 0.170. The number of aryl methyl sites for hydroxylation is 2. The molecule has 0 unspecified atom stereocenters. The van der Waals surface area contributed by atoms with Crippen LogP contribution in [0.3, 0.4) is 0 Å². The van der Waals surface area contributed by atoms with Crippen molar-refractivity contribution in [3.8, 4) is 0 Å². The van der Waals surface area contributed by atoms with E-state index in [0.29, 0.717) is 47.2 Å². The van der Waals surface area contributed by atoms with E-state index in [1.165, 1.54) is 4.57 Å². The Balaban J connectivity index is 1.94. The maximum Gasteiger partial charge on any atom is 0.330 e. The Kier molecular flexibility index (Phi) is 7.33. The highest BCUT2D eigenvalue weighted by molar-refractivity contribution is 6.33. The second-order valence-corrected chi connectivity index (χ2v) is 8.40. The Morgan fingerprint density at radius 1 is 1.23 bits per heavy atom. The van der Waals surface area contributed by atoms with E-state index >= 15 is 0 Å². The minimum atomic E-state index is -0.455. The molecule has 0 fully saturated rings. The van der Waals surface area contributed by atoms with Gasteiger partial charge in [0.2, 0.25) is 5.91 Å². The van der Waals surface area contributed by atoms with Crippen LogP contribution in [0.4, 0.5) is 5.69 Å². The zero-order valence-electron chi connectivity index (χ0n) is 18.1. The molecule has 2 N–H and O–H groups in total. The molecule has 0 atom stereocenters. The lowest BCUT2D eigenvalue weighted by Crippen LogP contribution is -2.31. The normalized spacial score (nSPS) is 11.4. The van der Waals surface area contributed by atoms with Crippen molar-refractivity contribution in [2.24, 2.45) is 5.92 Å². The number of nitrogens with zero attached hydrogens (tertiary/aromatic N) is 3. The highest BCUT2D eigenvalue weighted by atomic mass is 35.5. The number of imidazole rings is 1. The van der Waals surface area contributed by atoms with Crippen molar-refractivity contribution in [3.05, 3.63) is 56.0 Å². The number of aromatic amines is 1. The number of amides is 1. The van der Waals surface area contributed by atoms with Gasteiger partial charge in [0.1, 0.15) is 5.82 Å². The molecule has 8 nitrogen and oxygen atoms in total. The summed E-state index contributed by atoms with van der Waals surface area (Å²) in [7, 11) is 0. The van der Waals surface area contributed by atoms with E-state index in [0.717, 1.165) is 12.8 Å². The summed E-state index contributed by atoms with van der Waals surface area (Å²) < 4.78 is 3.36. The van der Waals surface area contributed by atoms with Crippen molar-refractivity contribution in [3.63, 3.8) is 0 Å². The van der Waals surface area contributed by atoms with Gasteiger partial charge in [-0.2, -0.15) is 0 Å². The van der Waals surface area contributed by atoms with Crippen molar-refractivity contribution in [1.82, 2.24) is 19.1 Å². The lowest BCUT2D eigenvalue weighted by atomic mass is 10.2. The van der Waals surface area contributed by atoms with Crippen molar-refractivity contribution >= 4 is 34.4 Å². The summed E-state index contributed by atoms with van der Waals surface area (Å²) in [5, 5.41) is 3.27. The molecule has 0 aliphatic carbocycles. The van der Waals surface area contributed by atoms with Gasteiger partial charge in [0.15, 0.2) is 11.2 Å². The molecule has 2 heterocycles. The average Bonchev–Trinajstić information content (AvgIpc) is 3.06. The van der Waals surface area contributed by atoms with E-state index < -0.39 is 11.2 Å². The fourth-order valence-electron chi connectivity index (χ4n) is 3.49. The van der Waals surface area contributed by atoms with Gasteiger partial charge in [-0.15, -0.1) is 0 Å². The molecule has 0 spiro atoms. The first kappa shape index (κ1) is 22.8. The SMILES string of the molecule is CCCCn1c(=O)[nH]c(=O)c2c1nc(CCC(=O)Nc1ccccc1Cl)n2CC(C)C. The largest absolute Gasteiger partial charge is 0.330 e. The molecule has 3 rings (SSSR count). The van der Waals surface area contributed by atoms with Crippen LogP contribution in [-0.2, 0) is 24.3 Å². The number of hydrogen-bond donors (Lipinski definition) is 2. The minimum Gasteiger partial charge on any atom is -0.325 e. The number of aromatic nitrogens is 4. The number of benzene rings is 1. The highest BCUT2D eigenvalue weighted by Crippen LogP contribution is 2.21. The summed E-state index contributed by atoms with van der Waals surface area (Å²) in [6.07, 6.45) is 2.21. The quantitative estimate of drug-likeness (QED) is 0.525. The molecule has 0 bridgehead atoms. The van der Waals surface area contributed by atoms with Crippen LogP contribution in [0.25, 0.3) is 11.2 Å². The lowest BCUT2D eigenvalue weighted by molar-refractivity contribution is -0.116. The maximum atomic E-state index is 12.6. The number of H-pyrrole nitrogens is 1. The van der Waals surface area contributed by atoms with E-state index in [2.05, 4.69) is 15.3 Å². The van der Waals surface area contributed by atoms with E-state index in [1.807, 2.05) is 25.3 Å². The molecule has 1 amide bonds. The van der Waals surface area contributed by atoms with Gasteiger partial charge >= 0.3 is 5.69 Å². The molecule has 166 valence electrons. The van der Waals surface area contributed by atoms with Crippen molar-refractivity contribution in [2.45, 2.75) is 59.5 Å². The van der Waals surface area contributed by atoms with Gasteiger partial charge in [-0.3, -0.25) is 19.1 Å². The van der Waals surface area contributed by atoms with Gasteiger partial charge in [0.05, 0.1) is 10.7 Å². The zero-order valence-corrected chi connectivity index (χ0v) is 18.8. The fourth-order valence-corrected chi connectivity index (χ4v) is 3.68. The van der Waals surface area contributed by atoms with Gasteiger partial charge in [0, 0.05) is 25.9 Å². The van der Waals surface area contributed by atoms with E-state index in [1.54, 1.807) is 24.3 Å². The number of halogens is 1. The van der Waals surface area contributed by atoms with Crippen LogP contribution in [0.15, 0.2) is 33.9 Å². The first-order valence-electron chi connectivity index (χ1n) is 10.6. The first-order valence-corrected chi connectivity index (χ1v) is 11.0. The Hall–Kier alpha value is -2.87. The second-order valence-electron chi connectivity index (χ2n) is 8.00. The summed E-state index contributed by atoms with van der Waals surface area (Å²) in [5.74, 6) is 0.663. The van der Waals surface area contributed by atoms with E-state index in [9.17, 15) is 14.4 Å². The number of unbranched alkanes of at least 4 members (excludes halogenated alkanes) is 1. The van der Waals surface area contributed by atoms with Crippen LogP contribution < -0.4 is 16.6 Å². The molecule has 0 saturated carbocycles. The lowest BCUT2D eigenvalue weighted by Gasteiger charge is -2.12. The molecule has 0 radical (unpaired) electrons. The molecule has 2 aromatic heterocycles. The van der Waals surface area contributed by atoms with Gasteiger partial charge in [-0.1, -0.05) is 50.9 Å². The summed E-state index contributed by atoms with van der Waals surface area (Å²) in [5.41, 5.74) is 0.404. The first-order chi connectivity index (χ1) is 14.8. The molecule has 0 aliphatic heterocycles. The zero-order chi connectivity index (χ0) is 22.5. The number of fused-ring (bicyclic) bond motifs is 1. The number of hydrogen-bond acceptors (Lipinski definition) is 4. The number of nitrogens with one attached hydrogen (secondary N) is 2. The predicted molar refractivity (Wildman–Crippen MR) is 123 cm³/mol. The van der Waals surface area contributed by atoms with Gasteiger partial charge in [-0.05, 0) is 24.5 Å². The van der Waals surface area contributed by atoms with Crippen LogP contribution in [-0.4, -0.2) is 25.0 Å². The summed E-state index contributed by atoms with van der Waals surface area (Å²) in [4.78, 5) is 44.6. The van der Waals surface area contributed by atoms with Crippen LogP contribution in [0, 0.1) is 5.92 Å². The number of rotatable bonds is 9. The van der Waals surface area contributed by atoms with Crippen molar-refractivity contribution < 1.29 is 4.79 Å². The van der Waals surface area contributed by atoms with Gasteiger partial charge < -0.3 is 9.88 Å². The third-order valence-corrected chi connectivity index (χ3v) is 5.30. The summed E-state index contributed by atoms with van der Waals surface area (Å²) in [6.45, 7) is 7.16. The molecule has 31 heavy (non-hydrogen) atoms. The Labute approximate surface area is 185 Å². The number of para-hydroxylation sites is 1. The second kappa shape index (κ2) is 9.96. The fraction of sp³-hybridized carbons (Fsp3) is 0.455. The Morgan fingerprint density at radius 2 is 1.97 bits per heavy atom.